The van der Waals surface area contributed by atoms with Crippen molar-refractivity contribution in [1.29, 1.82) is 0 Å². The van der Waals surface area contributed by atoms with Crippen LogP contribution in [0.2, 0.25) is 0 Å². The number of carbonyl (C=O) groups excluding carboxylic acids is 3. The molecule has 7 heteroatoms. The van der Waals surface area contributed by atoms with Gasteiger partial charge < -0.3 is 0 Å². The highest BCUT2D eigenvalue weighted by atomic mass is 79.9. The van der Waals surface area contributed by atoms with Crippen molar-refractivity contribution in [3.05, 3.63) is 22.4 Å². The molecule has 0 aliphatic rings. The van der Waals surface area contributed by atoms with E-state index in [2.05, 4.69) is 15.9 Å². The summed E-state index contributed by atoms with van der Waals surface area (Å²) in [5.74, 6) is -1.47. The van der Waals surface area contributed by atoms with Crippen molar-refractivity contribution in [1.82, 2.24) is 0 Å². The number of hydrogen-bond acceptors (Lipinski definition) is 4. The second kappa shape index (κ2) is 13.1. The Morgan fingerprint density at radius 2 is 1.43 bits per heavy atom. The average Bonchev–Trinajstić information content (AvgIpc) is 2.66. The van der Waals surface area contributed by atoms with Gasteiger partial charge in [-0.1, -0.05) is 51.8 Å². The standard InChI is InChI=1S/C21H29BrFNO3S/c1-4-7-10-19(25)24(20(26)11-8-5-2)17-14-18(15(22)13-16(17)23)28-21(27)12-9-6-3/h13-14H,4-12H2,1-3H3. The van der Waals surface area contributed by atoms with Gasteiger partial charge in [0.25, 0.3) is 0 Å². The number of benzene rings is 1. The average molecular weight is 474 g/mol. The number of unbranched alkanes of at least 4 members (excludes halogenated alkanes) is 3. The molecule has 0 heterocycles. The van der Waals surface area contributed by atoms with Gasteiger partial charge in [0.1, 0.15) is 5.82 Å². The molecule has 0 saturated carbocycles. The van der Waals surface area contributed by atoms with E-state index in [0.717, 1.165) is 42.3 Å². The summed E-state index contributed by atoms with van der Waals surface area (Å²) in [5.41, 5.74) is -0.0730. The number of nitrogens with zero attached hydrogens (tertiary/aromatic N) is 1. The van der Waals surface area contributed by atoms with Crippen molar-refractivity contribution in [2.24, 2.45) is 0 Å². The van der Waals surface area contributed by atoms with Crippen LogP contribution in [0.3, 0.4) is 0 Å². The monoisotopic (exact) mass is 473 g/mol. The van der Waals surface area contributed by atoms with E-state index >= 15 is 0 Å². The quantitative estimate of drug-likeness (QED) is 0.338. The Balaban J connectivity index is 3.23. The van der Waals surface area contributed by atoms with Gasteiger partial charge in [-0.15, -0.1) is 0 Å². The summed E-state index contributed by atoms with van der Waals surface area (Å²) >= 11 is 4.29. The lowest BCUT2D eigenvalue weighted by molar-refractivity contribution is -0.126. The lowest BCUT2D eigenvalue weighted by Gasteiger charge is -2.22. The normalized spacial score (nSPS) is 10.8. The van der Waals surface area contributed by atoms with E-state index in [0.29, 0.717) is 28.6 Å². The predicted molar refractivity (Wildman–Crippen MR) is 116 cm³/mol. The number of imide groups is 1. The molecular formula is C21H29BrFNO3S. The van der Waals surface area contributed by atoms with E-state index < -0.39 is 17.6 Å². The molecule has 0 spiro atoms. The third-order valence-corrected chi connectivity index (χ3v) is 6.10. The maximum Gasteiger partial charge on any atom is 0.233 e. The Morgan fingerprint density at radius 1 is 0.929 bits per heavy atom. The number of hydrogen-bond donors (Lipinski definition) is 0. The molecule has 0 radical (unpaired) electrons. The molecule has 0 saturated heterocycles. The fourth-order valence-electron chi connectivity index (χ4n) is 2.55. The van der Waals surface area contributed by atoms with E-state index in [1.54, 1.807) is 0 Å². The number of halogens is 2. The smallest absolute Gasteiger partial charge is 0.233 e. The SMILES string of the molecule is CCCCC(=O)Sc1cc(N(C(=O)CCCC)C(=O)CCCC)c(F)cc1Br. The second-order valence-corrected chi connectivity index (χ2v) is 8.60. The second-order valence-electron chi connectivity index (χ2n) is 6.64. The Labute approximate surface area is 179 Å². The summed E-state index contributed by atoms with van der Waals surface area (Å²) in [5, 5.41) is -0.0266. The van der Waals surface area contributed by atoms with Gasteiger partial charge in [-0.25, -0.2) is 9.29 Å². The maximum atomic E-state index is 14.7. The zero-order valence-electron chi connectivity index (χ0n) is 16.9. The first-order valence-corrected chi connectivity index (χ1v) is 11.5. The van der Waals surface area contributed by atoms with Crippen LogP contribution in [0.5, 0.6) is 0 Å². The highest BCUT2D eigenvalue weighted by Gasteiger charge is 2.26. The number of rotatable bonds is 11. The molecule has 2 amide bonds. The third kappa shape index (κ3) is 7.66. The molecule has 1 aromatic carbocycles. The van der Waals surface area contributed by atoms with Gasteiger partial charge in [0, 0.05) is 28.6 Å². The molecule has 28 heavy (non-hydrogen) atoms. The molecule has 0 aliphatic heterocycles. The molecule has 1 aromatic rings. The third-order valence-electron chi connectivity index (χ3n) is 4.19. The molecular weight excluding hydrogens is 445 g/mol. The maximum absolute atomic E-state index is 14.7. The molecule has 0 unspecified atom stereocenters. The van der Waals surface area contributed by atoms with E-state index in [4.69, 9.17) is 0 Å². The van der Waals surface area contributed by atoms with Gasteiger partial charge in [0.2, 0.25) is 11.8 Å². The fourth-order valence-corrected chi connectivity index (χ4v) is 3.93. The summed E-state index contributed by atoms with van der Waals surface area (Å²) < 4.78 is 15.2. The lowest BCUT2D eigenvalue weighted by atomic mass is 10.1. The van der Waals surface area contributed by atoms with Crippen LogP contribution in [0.15, 0.2) is 21.5 Å². The Kier molecular flexibility index (Phi) is 11.6. The minimum Gasteiger partial charge on any atom is -0.287 e. The van der Waals surface area contributed by atoms with Crippen molar-refractivity contribution in [3.8, 4) is 0 Å². The van der Waals surface area contributed by atoms with Gasteiger partial charge in [0.05, 0.1) is 5.69 Å². The van der Waals surface area contributed by atoms with Crippen molar-refractivity contribution in [2.45, 2.75) is 83.5 Å². The van der Waals surface area contributed by atoms with Gasteiger partial charge >= 0.3 is 0 Å². The fraction of sp³-hybridized carbons (Fsp3) is 0.571. The minimum absolute atomic E-state index is 0.0266. The number of amides is 2. The minimum atomic E-state index is -0.660. The molecule has 156 valence electrons. The number of thioether (sulfide) groups is 1. The molecule has 0 aliphatic carbocycles. The van der Waals surface area contributed by atoms with E-state index in [1.165, 1.54) is 12.1 Å². The van der Waals surface area contributed by atoms with E-state index in [-0.39, 0.29) is 23.6 Å². The Hall–Kier alpha value is -1.21. The summed E-state index contributed by atoms with van der Waals surface area (Å²) in [4.78, 5) is 39.0. The van der Waals surface area contributed by atoms with Crippen LogP contribution in [-0.4, -0.2) is 16.9 Å². The Bertz CT molecular complexity index is 676. The van der Waals surface area contributed by atoms with Crippen molar-refractivity contribution >= 4 is 50.3 Å². The highest BCUT2D eigenvalue weighted by Crippen LogP contribution is 2.35. The zero-order chi connectivity index (χ0) is 21.1. The van der Waals surface area contributed by atoms with Crippen LogP contribution >= 0.6 is 27.7 Å². The molecule has 0 bridgehead atoms. The van der Waals surface area contributed by atoms with E-state index in [9.17, 15) is 18.8 Å². The van der Waals surface area contributed by atoms with Gasteiger partial charge in [-0.2, -0.15) is 0 Å². The highest BCUT2D eigenvalue weighted by molar-refractivity contribution is 9.10. The van der Waals surface area contributed by atoms with Crippen LogP contribution in [0.25, 0.3) is 0 Å². The molecule has 1 rings (SSSR count). The zero-order valence-corrected chi connectivity index (χ0v) is 19.3. The molecule has 0 atom stereocenters. The first-order chi connectivity index (χ1) is 13.3. The van der Waals surface area contributed by atoms with E-state index in [1.807, 2.05) is 20.8 Å². The van der Waals surface area contributed by atoms with Crippen LogP contribution in [0.1, 0.15) is 78.6 Å². The Morgan fingerprint density at radius 3 is 1.93 bits per heavy atom. The molecule has 0 aromatic heterocycles. The first kappa shape index (κ1) is 24.8. The molecule has 0 fully saturated rings. The summed E-state index contributed by atoms with van der Waals surface area (Å²) in [6.07, 6.45) is 5.36. The van der Waals surface area contributed by atoms with Crippen molar-refractivity contribution in [2.75, 3.05) is 4.90 Å². The van der Waals surface area contributed by atoms with Crippen molar-refractivity contribution in [3.63, 3.8) is 0 Å². The van der Waals surface area contributed by atoms with Gasteiger partial charge in [-0.05, 0) is 47.3 Å². The van der Waals surface area contributed by atoms with Crippen LogP contribution in [-0.2, 0) is 14.4 Å². The molecule has 4 nitrogen and oxygen atoms in total. The largest absolute Gasteiger partial charge is 0.287 e. The van der Waals surface area contributed by atoms with Crippen LogP contribution in [0.4, 0.5) is 10.1 Å². The summed E-state index contributed by atoms with van der Waals surface area (Å²) in [6.45, 7) is 5.91. The predicted octanol–water partition coefficient (Wildman–Crippen LogP) is 6.64. The number of anilines is 1. The van der Waals surface area contributed by atoms with Crippen LogP contribution in [0, 0.1) is 5.82 Å². The van der Waals surface area contributed by atoms with Gasteiger partial charge in [0.15, 0.2) is 5.12 Å². The number of carbonyl (C=O) groups is 3. The summed E-state index contributed by atoms with van der Waals surface area (Å²) in [6, 6.07) is 2.65. The molecule has 0 N–H and O–H groups in total. The summed E-state index contributed by atoms with van der Waals surface area (Å²) in [7, 11) is 0. The first-order valence-electron chi connectivity index (χ1n) is 9.91. The van der Waals surface area contributed by atoms with Gasteiger partial charge in [-0.3, -0.25) is 14.4 Å². The van der Waals surface area contributed by atoms with Crippen LogP contribution < -0.4 is 4.90 Å². The topological polar surface area (TPSA) is 54.5 Å². The lowest BCUT2D eigenvalue weighted by Crippen LogP contribution is -2.37. The van der Waals surface area contributed by atoms with Crippen molar-refractivity contribution < 1.29 is 18.8 Å².